The summed E-state index contributed by atoms with van der Waals surface area (Å²) in [5, 5.41) is 4.43. The number of hydrogen-bond donors (Lipinski definition) is 1. The van der Waals surface area contributed by atoms with Gasteiger partial charge in [-0.2, -0.15) is 5.10 Å². The maximum atomic E-state index is 6.11. The van der Waals surface area contributed by atoms with Crippen molar-refractivity contribution in [2.75, 3.05) is 0 Å². The molecule has 0 amide bonds. The smallest absolute Gasteiger partial charge is 0.0628 e. The van der Waals surface area contributed by atoms with Gasteiger partial charge in [0.25, 0.3) is 0 Å². The van der Waals surface area contributed by atoms with E-state index in [2.05, 4.69) is 25.5 Å². The minimum Gasteiger partial charge on any atom is -0.328 e. The molecule has 0 fully saturated rings. The van der Waals surface area contributed by atoms with Crippen LogP contribution in [0.15, 0.2) is 12.7 Å². The first kappa shape index (κ1) is 14.0. The SMILES string of the molecule is C=CCCCC(N)CCc1c(C)nn(C)c1C. The molecule has 17 heavy (non-hydrogen) atoms. The molecular weight excluding hydrogens is 210 g/mol. The number of hydrogen-bond acceptors (Lipinski definition) is 2. The van der Waals surface area contributed by atoms with Crippen LogP contribution in [0.3, 0.4) is 0 Å². The maximum Gasteiger partial charge on any atom is 0.0628 e. The van der Waals surface area contributed by atoms with Gasteiger partial charge in [0.05, 0.1) is 5.69 Å². The van der Waals surface area contributed by atoms with Gasteiger partial charge in [-0.1, -0.05) is 6.08 Å². The predicted octanol–water partition coefficient (Wildman–Crippen LogP) is 2.65. The molecule has 1 rings (SSSR count). The van der Waals surface area contributed by atoms with Crippen LogP contribution < -0.4 is 5.73 Å². The molecule has 0 saturated heterocycles. The topological polar surface area (TPSA) is 43.8 Å². The predicted molar refractivity (Wildman–Crippen MR) is 73.0 cm³/mol. The van der Waals surface area contributed by atoms with Crippen LogP contribution in [0.5, 0.6) is 0 Å². The first-order valence-corrected chi connectivity index (χ1v) is 6.41. The molecule has 0 saturated carbocycles. The summed E-state index contributed by atoms with van der Waals surface area (Å²) >= 11 is 0. The Morgan fingerprint density at radius 1 is 1.41 bits per heavy atom. The molecule has 0 aliphatic heterocycles. The van der Waals surface area contributed by atoms with Gasteiger partial charge < -0.3 is 5.73 Å². The minimum atomic E-state index is 0.300. The molecule has 0 bridgehead atoms. The molecule has 0 aliphatic carbocycles. The molecule has 0 spiro atoms. The van der Waals surface area contributed by atoms with Gasteiger partial charge >= 0.3 is 0 Å². The van der Waals surface area contributed by atoms with Gasteiger partial charge in [0, 0.05) is 18.8 Å². The van der Waals surface area contributed by atoms with E-state index in [1.165, 1.54) is 11.3 Å². The van der Waals surface area contributed by atoms with Gasteiger partial charge in [-0.05, 0) is 51.5 Å². The third-order valence-electron chi connectivity index (χ3n) is 3.41. The van der Waals surface area contributed by atoms with Crippen molar-refractivity contribution < 1.29 is 0 Å². The number of aromatic nitrogens is 2. The highest BCUT2D eigenvalue weighted by atomic mass is 15.3. The van der Waals surface area contributed by atoms with Crippen LogP contribution in [-0.2, 0) is 13.5 Å². The third kappa shape index (κ3) is 4.00. The second kappa shape index (κ2) is 6.60. The lowest BCUT2D eigenvalue weighted by atomic mass is 10.0. The summed E-state index contributed by atoms with van der Waals surface area (Å²) in [6.07, 6.45) is 7.35. The molecule has 1 aromatic rings. The minimum absolute atomic E-state index is 0.300. The van der Waals surface area contributed by atoms with Crippen molar-refractivity contribution in [2.24, 2.45) is 12.8 Å². The van der Waals surface area contributed by atoms with E-state index in [1.807, 2.05) is 17.8 Å². The van der Waals surface area contributed by atoms with Crippen molar-refractivity contribution >= 4 is 0 Å². The Morgan fingerprint density at radius 2 is 2.12 bits per heavy atom. The monoisotopic (exact) mass is 235 g/mol. The highest BCUT2D eigenvalue weighted by Gasteiger charge is 2.10. The summed E-state index contributed by atoms with van der Waals surface area (Å²) < 4.78 is 1.95. The fraction of sp³-hybridized carbons (Fsp3) is 0.643. The number of rotatable bonds is 7. The first-order chi connectivity index (χ1) is 8.06. The van der Waals surface area contributed by atoms with Gasteiger partial charge in [0.2, 0.25) is 0 Å². The van der Waals surface area contributed by atoms with Gasteiger partial charge in [0.1, 0.15) is 0 Å². The molecule has 1 heterocycles. The zero-order chi connectivity index (χ0) is 12.8. The zero-order valence-electron chi connectivity index (χ0n) is 11.4. The average Bonchev–Trinajstić information content (AvgIpc) is 2.51. The number of allylic oxidation sites excluding steroid dienone is 1. The van der Waals surface area contributed by atoms with Crippen molar-refractivity contribution in [3.63, 3.8) is 0 Å². The first-order valence-electron chi connectivity index (χ1n) is 6.41. The molecule has 2 N–H and O–H groups in total. The van der Waals surface area contributed by atoms with Gasteiger partial charge in [-0.25, -0.2) is 0 Å². The third-order valence-corrected chi connectivity index (χ3v) is 3.41. The fourth-order valence-corrected chi connectivity index (χ4v) is 2.18. The fourth-order valence-electron chi connectivity index (χ4n) is 2.18. The zero-order valence-corrected chi connectivity index (χ0v) is 11.4. The van der Waals surface area contributed by atoms with E-state index in [0.717, 1.165) is 37.8 Å². The Kier molecular flexibility index (Phi) is 5.42. The van der Waals surface area contributed by atoms with Crippen LogP contribution in [-0.4, -0.2) is 15.8 Å². The van der Waals surface area contributed by atoms with E-state index in [1.54, 1.807) is 0 Å². The van der Waals surface area contributed by atoms with Crippen LogP contribution in [0.25, 0.3) is 0 Å². The summed E-state index contributed by atoms with van der Waals surface area (Å²) in [7, 11) is 2.00. The Hall–Kier alpha value is -1.09. The Balaban J connectivity index is 2.41. The molecule has 1 unspecified atom stereocenters. The van der Waals surface area contributed by atoms with Crippen molar-refractivity contribution in [1.29, 1.82) is 0 Å². The summed E-state index contributed by atoms with van der Waals surface area (Å²) in [5.74, 6) is 0. The Bertz CT molecular complexity index is 366. The molecule has 3 nitrogen and oxygen atoms in total. The Morgan fingerprint density at radius 3 is 2.65 bits per heavy atom. The Labute approximate surface area is 105 Å². The second-order valence-electron chi connectivity index (χ2n) is 4.79. The van der Waals surface area contributed by atoms with E-state index in [0.29, 0.717) is 6.04 Å². The maximum absolute atomic E-state index is 6.11. The van der Waals surface area contributed by atoms with Gasteiger partial charge in [-0.3, -0.25) is 4.68 Å². The highest BCUT2D eigenvalue weighted by Crippen LogP contribution is 2.15. The standard InChI is InChI=1S/C14H25N3/c1-5-6-7-8-13(15)9-10-14-11(2)16-17(4)12(14)3/h5,13H,1,6-10,15H2,2-4H3. The summed E-state index contributed by atoms with van der Waals surface area (Å²) in [5.41, 5.74) is 9.88. The molecule has 1 atom stereocenters. The van der Waals surface area contributed by atoms with E-state index in [9.17, 15) is 0 Å². The number of aryl methyl sites for hydroxylation is 2. The molecule has 1 aromatic heterocycles. The van der Waals surface area contributed by atoms with Crippen molar-refractivity contribution in [2.45, 2.75) is 52.0 Å². The molecule has 3 heteroatoms. The van der Waals surface area contributed by atoms with E-state index in [-0.39, 0.29) is 0 Å². The van der Waals surface area contributed by atoms with Crippen LogP contribution in [0, 0.1) is 13.8 Å². The number of nitrogens with zero attached hydrogens (tertiary/aromatic N) is 2. The van der Waals surface area contributed by atoms with Crippen molar-refractivity contribution in [3.05, 3.63) is 29.6 Å². The van der Waals surface area contributed by atoms with Crippen LogP contribution in [0.4, 0.5) is 0 Å². The molecule has 96 valence electrons. The largest absolute Gasteiger partial charge is 0.328 e. The number of unbranched alkanes of at least 4 members (excludes halogenated alkanes) is 1. The summed E-state index contributed by atoms with van der Waals surface area (Å²) in [4.78, 5) is 0. The second-order valence-corrected chi connectivity index (χ2v) is 4.79. The van der Waals surface area contributed by atoms with E-state index < -0.39 is 0 Å². The molecular formula is C14H25N3. The quantitative estimate of drug-likeness (QED) is 0.583. The van der Waals surface area contributed by atoms with Gasteiger partial charge in [-0.15, -0.1) is 6.58 Å². The van der Waals surface area contributed by atoms with Gasteiger partial charge in [0.15, 0.2) is 0 Å². The normalized spacial score (nSPS) is 12.7. The highest BCUT2D eigenvalue weighted by molar-refractivity contribution is 5.24. The van der Waals surface area contributed by atoms with Crippen molar-refractivity contribution in [1.82, 2.24) is 9.78 Å². The summed E-state index contributed by atoms with van der Waals surface area (Å²) in [6.45, 7) is 7.92. The molecule has 0 radical (unpaired) electrons. The lowest BCUT2D eigenvalue weighted by Gasteiger charge is -2.10. The lowest BCUT2D eigenvalue weighted by Crippen LogP contribution is -2.20. The van der Waals surface area contributed by atoms with Crippen LogP contribution in [0.1, 0.15) is 42.6 Å². The van der Waals surface area contributed by atoms with Crippen LogP contribution >= 0.6 is 0 Å². The lowest BCUT2D eigenvalue weighted by molar-refractivity contribution is 0.548. The molecule has 0 aliphatic rings. The molecule has 0 aromatic carbocycles. The van der Waals surface area contributed by atoms with E-state index >= 15 is 0 Å². The van der Waals surface area contributed by atoms with Crippen LogP contribution in [0.2, 0.25) is 0 Å². The number of nitrogens with two attached hydrogens (primary N) is 1. The summed E-state index contributed by atoms with van der Waals surface area (Å²) in [6, 6.07) is 0.300. The average molecular weight is 235 g/mol. The van der Waals surface area contributed by atoms with E-state index in [4.69, 9.17) is 5.73 Å². The van der Waals surface area contributed by atoms with Crippen molar-refractivity contribution in [3.8, 4) is 0 Å².